The first-order valence-corrected chi connectivity index (χ1v) is 17.1. The third-order valence-corrected chi connectivity index (χ3v) is 9.15. The minimum Gasteiger partial charge on any atom is -0.381 e. The molecule has 0 saturated carbocycles. The minimum atomic E-state index is -0.646. The Hall–Kier alpha value is -5.77. The highest BCUT2D eigenvalue weighted by Gasteiger charge is 2.19. The van der Waals surface area contributed by atoms with Gasteiger partial charge in [-0.15, -0.1) is 0 Å². The van der Waals surface area contributed by atoms with Crippen molar-refractivity contribution in [1.82, 2.24) is 34.3 Å². The number of pyridine rings is 1. The van der Waals surface area contributed by atoms with Crippen molar-refractivity contribution < 1.29 is 4.79 Å². The van der Waals surface area contributed by atoms with Crippen molar-refractivity contribution in [2.75, 3.05) is 32.4 Å². The van der Waals surface area contributed by atoms with Gasteiger partial charge in [-0.1, -0.05) is 61.8 Å². The second kappa shape index (κ2) is 16.8. The maximum atomic E-state index is 13.8. The second-order valence-electron chi connectivity index (χ2n) is 12.4. The number of anilines is 1. The Morgan fingerprint density at radius 2 is 1.80 bits per heavy atom. The lowest BCUT2D eigenvalue weighted by molar-refractivity contribution is 0.100. The molecule has 0 aliphatic carbocycles. The first kappa shape index (κ1) is 36.5. The molecule has 5 aromatic rings. The number of nitrogens with zero attached hydrogens (tertiary/aromatic N) is 7. The Kier molecular flexibility index (Phi) is 12.0. The lowest BCUT2D eigenvalue weighted by Gasteiger charge is -2.31. The quantitative estimate of drug-likeness (QED) is 0.157. The van der Waals surface area contributed by atoms with Crippen LogP contribution >= 0.6 is 0 Å². The van der Waals surface area contributed by atoms with E-state index >= 15 is 0 Å². The normalized spacial score (nSPS) is 13.5. The fourth-order valence-electron chi connectivity index (χ4n) is 6.39. The lowest BCUT2D eigenvalue weighted by atomic mass is 10.0. The van der Waals surface area contributed by atoms with E-state index in [1.807, 2.05) is 71.0 Å². The molecule has 0 unspecified atom stereocenters. The first-order valence-electron chi connectivity index (χ1n) is 17.1. The molecule has 0 spiro atoms. The summed E-state index contributed by atoms with van der Waals surface area (Å²) in [5, 5.41) is 13.3. The van der Waals surface area contributed by atoms with E-state index in [0.29, 0.717) is 17.2 Å². The summed E-state index contributed by atoms with van der Waals surface area (Å²) in [5.41, 5.74) is 15.4. The number of nitrogens with one attached hydrogen (secondary N) is 1. The number of primary amides is 1. The van der Waals surface area contributed by atoms with Crippen LogP contribution in [0.1, 0.15) is 52.6 Å². The molecule has 51 heavy (non-hydrogen) atoms. The molecule has 12 heteroatoms. The Morgan fingerprint density at radius 1 is 1.08 bits per heavy atom. The number of amides is 1. The summed E-state index contributed by atoms with van der Waals surface area (Å²) in [6, 6.07) is 18.5. The molecule has 0 bridgehead atoms. The van der Waals surface area contributed by atoms with Crippen molar-refractivity contribution in [3.05, 3.63) is 112 Å². The van der Waals surface area contributed by atoms with Gasteiger partial charge in [0.05, 0.1) is 22.8 Å². The predicted molar refractivity (Wildman–Crippen MR) is 205 cm³/mol. The van der Waals surface area contributed by atoms with Gasteiger partial charge in [0.15, 0.2) is 11.6 Å². The van der Waals surface area contributed by atoms with Crippen molar-refractivity contribution in [3.8, 4) is 17.5 Å². The Labute approximate surface area is 298 Å². The Balaban J connectivity index is 0.000000303. The second-order valence-corrected chi connectivity index (χ2v) is 12.4. The van der Waals surface area contributed by atoms with Gasteiger partial charge in [0.2, 0.25) is 0 Å². The number of fused-ring (bicyclic) bond motifs is 1. The van der Waals surface area contributed by atoms with Crippen LogP contribution in [0.4, 0.5) is 11.6 Å². The number of aromatic nitrogens is 5. The molecule has 2 aromatic carbocycles. The van der Waals surface area contributed by atoms with E-state index in [0.717, 1.165) is 66.1 Å². The van der Waals surface area contributed by atoms with Crippen LogP contribution in [0, 0.1) is 11.8 Å². The van der Waals surface area contributed by atoms with Crippen molar-refractivity contribution in [2.45, 2.75) is 38.6 Å². The number of carbonyl (C=O) groups is 1. The van der Waals surface area contributed by atoms with Gasteiger partial charge in [0.1, 0.15) is 5.56 Å². The van der Waals surface area contributed by atoms with Gasteiger partial charge in [-0.25, -0.2) is 9.67 Å². The van der Waals surface area contributed by atoms with E-state index in [1.165, 1.54) is 29.8 Å². The number of benzene rings is 2. The largest absolute Gasteiger partial charge is 0.381 e. The molecule has 0 atom stereocenters. The maximum absolute atomic E-state index is 13.8. The van der Waals surface area contributed by atoms with E-state index < -0.39 is 5.91 Å². The highest BCUT2D eigenvalue weighted by molar-refractivity contribution is 6.02. The first-order chi connectivity index (χ1) is 24.7. The zero-order valence-corrected chi connectivity index (χ0v) is 29.8. The van der Waals surface area contributed by atoms with Crippen LogP contribution in [0.3, 0.4) is 0 Å². The number of hydrogen-bond acceptors (Lipinski definition) is 8. The molecular formula is C39H46N10O2. The van der Waals surface area contributed by atoms with E-state index in [9.17, 15) is 9.59 Å². The van der Waals surface area contributed by atoms with Gasteiger partial charge >= 0.3 is 0 Å². The molecule has 1 saturated heterocycles. The minimum absolute atomic E-state index is 0.0261. The molecule has 4 heterocycles. The molecule has 3 aromatic heterocycles. The van der Waals surface area contributed by atoms with Crippen LogP contribution in [0.5, 0.6) is 0 Å². The third kappa shape index (κ3) is 8.34. The highest BCUT2D eigenvalue weighted by atomic mass is 16.1. The molecule has 5 N–H and O–H groups in total. The summed E-state index contributed by atoms with van der Waals surface area (Å²) in [6.07, 6.45) is 8.81. The number of likely N-dealkylation sites (tertiary alicyclic amines) is 1. The standard InChI is InChI=1S/C31H35N5O.C8H11N5O/c1-4-27-21-24-10-8-9-23(30(24)31(37)36(27)28-11-6-5-7-12-28)13-14-25-22-33-34(3)29(25)17-20-35-18-15-26(32-2)16-19-35;1-3-4-11-8-5(7(10)14)6(9)12-13(8)2/h5-12,21-22,26,32H,4,15-20H2,1-3H3;3-4H,1H2,2H3,(H2,9,12)(H2,10,14)/b;11-4-. The Morgan fingerprint density at radius 3 is 2.47 bits per heavy atom. The number of rotatable bonds is 9. The number of carbonyl (C=O) groups excluding carboxylic acids is 1. The number of allylic oxidation sites excluding steroid dienone is 1. The zero-order chi connectivity index (χ0) is 36.5. The van der Waals surface area contributed by atoms with Gasteiger partial charge < -0.3 is 21.7 Å². The topological polar surface area (TPSA) is 154 Å². The van der Waals surface area contributed by atoms with Crippen LogP contribution in [0.15, 0.2) is 83.2 Å². The summed E-state index contributed by atoms with van der Waals surface area (Å²) in [4.78, 5) is 31.3. The summed E-state index contributed by atoms with van der Waals surface area (Å²) >= 11 is 0. The van der Waals surface area contributed by atoms with Crippen molar-refractivity contribution >= 4 is 34.5 Å². The molecule has 1 aliphatic heterocycles. The molecule has 12 nitrogen and oxygen atoms in total. The smallest absolute Gasteiger partial charge is 0.264 e. The fraction of sp³-hybridized carbons (Fsp3) is 0.308. The van der Waals surface area contributed by atoms with Crippen LogP contribution in [-0.2, 0) is 26.9 Å². The van der Waals surface area contributed by atoms with Crippen LogP contribution in [0.2, 0.25) is 0 Å². The number of piperidine rings is 1. The van der Waals surface area contributed by atoms with E-state index in [1.54, 1.807) is 7.05 Å². The van der Waals surface area contributed by atoms with Crippen molar-refractivity contribution in [1.29, 1.82) is 0 Å². The molecular weight excluding hydrogens is 640 g/mol. The third-order valence-electron chi connectivity index (χ3n) is 9.15. The molecule has 0 radical (unpaired) electrons. The molecule has 1 amide bonds. The van der Waals surface area contributed by atoms with Crippen molar-refractivity contribution in [2.24, 2.45) is 24.8 Å². The van der Waals surface area contributed by atoms with Crippen LogP contribution in [-0.4, -0.2) is 73.9 Å². The zero-order valence-electron chi connectivity index (χ0n) is 29.8. The number of aryl methyl sites for hydroxylation is 3. The van der Waals surface area contributed by atoms with Crippen LogP contribution < -0.4 is 22.3 Å². The van der Waals surface area contributed by atoms with Gasteiger partial charge in [-0.05, 0) is 69.1 Å². The molecule has 1 aliphatic rings. The number of hydrogen-bond donors (Lipinski definition) is 3. The Bertz CT molecular complexity index is 2160. The van der Waals surface area contributed by atoms with Crippen molar-refractivity contribution in [3.63, 3.8) is 0 Å². The summed E-state index contributed by atoms with van der Waals surface area (Å²) in [5.74, 6) is 6.44. The van der Waals surface area contributed by atoms with Gasteiger partial charge in [0.25, 0.3) is 11.5 Å². The predicted octanol–water partition coefficient (Wildman–Crippen LogP) is 3.90. The van der Waals surface area contributed by atoms with Gasteiger partial charge in [-0.3, -0.25) is 18.8 Å². The molecule has 6 rings (SSSR count). The number of nitrogens with two attached hydrogens (primary N) is 2. The fourth-order valence-corrected chi connectivity index (χ4v) is 6.39. The number of aliphatic imine (C=N–C) groups is 1. The number of para-hydroxylation sites is 1. The van der Waals surface area contributed by atoms with Gasteiger partial charge in [-0.2, -0.15) is 10.2 Å². The van der Waals surface area contributed by atoms with E-state index in [4.69, 9.17) is 11.5 Å². The SMILES string of the molecule is C=C/C=N\c1c(C(N)=O)c(N)nn1C.CCc1cc2cccc(C#Cc3cnn(C)c3CCN3CCC(NC)CC3)c2c(=O)n1-c1ccccc1. The van der Waals surface area contributed by atoms with Gasteiger partial charge in [0, 0.05) is 56.3 Å². The highest BCUT2D eigenvalue weighted by Crippen LogP contribution is 2.23. The summed E-state index contributed by atoms with van der Waals surface area (Å²) in [7, 11) is 5.66. The molecule has 264 valence electrons. The lowest BCUT2D eigenvalue weighted by Crippen LogP contribution is -2.42. The average Bonchev–Trinajstić information content (AvgIpc) is 3.64. The van der Waals surface area contributed by atoms with E-state index in [2.05, 4.69) is 63.9 Å². The molecule has 1 fully saturated rings. The van der Waals surface area contributed by atoms with E-state index in [-0.39, 0.29) is 16.9 Å². The number of nitrogen functional groups attached to an aromatic ring is 1. The maximum Gasteiger partial charge on any atom is 0.264 e. The average molecular weight is 687 g/mol. The summed E-state index contributed by atoms with van der Waals surface area (Å²) < 4.78 is 5.14. The van der Waals surface area contributed by atoms with Crippen LogP contribution in [0.25, 0.3) is 16.5 Å². The monoisotopic (exact) mass is 686 g/mol. The summed E-state index contributed by atoms with van der Waals surface area (Å²) in [6.45, 7) is 8.78.